The Hall–Kier alpha value is -3.35. The van der Waals surface area contributed by atoms with Gasteiger partial charge in [-0.25, -0.2) is 4.79 Å². The van der Waals surface area contributed by atoms with Gasteiger partial charge in [-0.15, -0.1) is 0 Å². The minimum atomic E-state index is -1.13. The summed E-state index contributed by atoms with van der Waals surface area (Å²) < 4.78 is 5.59. The number of hydrogen-bond donors (Lipinski definition) is 2. The summed E-state index contributed by atoms with van der Waals surface area (Å²) in [6.45, 7) is 0.116. The number of nitrogens with one attached hydrogen (secondary N) is 1. The van der Waals surface area contributed by atoms with E-state index in [0.29, 0.717) is 5.41 Å². The molecule has 2 heterocycles. The molecule has 0 aromatic heterocycles. The topological polar surface area (TPSA) is 95.9 Å². The molecule has 3 atom stereocenters. The first-order chi connectivity index (χ1) is 16.9. The summed E-state index contributed by atoms with van der Waals surface area (Å²) >= 11 is 0. The average Bonchev–Trinajstić information content (AvgIpc) is 3.42. The molecule has 7 nitrogen and oxygen atoms in total. The van der Waals surface area contributed by atoms with E-state index in [1.165, 1.54) is 12.8 Å². The number of aliphatic carboxylic acids is 1. The fourth-order valence-electron chi connectivity index (χ4n) is 6.73. The summed E-state index contributed by atoms with van der Waals surface area (Å²) in [5.41, 5.74) is 4.86. The number of alkyl carbamates (subject to hydrolysis) is 1. The van der Waals surface area contributed by atoms with E-state index in [-0.39, 0.29) is 30.5 Å². The van der Waals surface area contributed by atoms with Crippen LogP contribution in [0.15, 0.2) is 48.5 Å². The smallest absolute Gasteiger partial charge is 0.407 e. The average molecular weight is 475 g/mol. The van der Waals surface area contributed by atoms with Gasteiger partial charge in [-0.2, -0.15) is 0 Å². The van der Waals surface area contributed by atoms with Crippen molar-refractivity contribution in [2.75, 3.05) is 6.61 Å². The van der Waals surface area contributed by atoms with Crippen LogP contribution in [0.3, 0.4) is 0 Å². The number of carboxylic acids is 1. The van der Waals surface area contributed by atoms with Gasteiger partial charge in [0.25, 0.3) is 0 Å². The monoisotopic (exact) mass is 474 g/mol. The molecule has 3 fully saturated rings. The summed E-state index contributed by atoms with van der Waals surface area (Å²) in [5.74, 6) is -1.51. The molecule has 2 aliphatic heterocycles. The normalized spacial score (nSPS) is 23.9. The van der Waals surface area contributed by atoms with Gasteiger partial charge in [-0.1, -0.05) is 48.5 Å². The first kappa shape index (κ1) is 22.1. The number of amides is 2. The van der Waals surface area contributed by atoms with Crippen LogP contribution in [0.1, 0.15) is 62.0 Å². The molecule has 6 rings (SSSR count). The number of hydrogen-bond acceptors (Lipinski definition) is 4. The molecule has 2 amide bonds. The zero-order chi connectivity index (χ0) is 24.2. The maximum atomic E-state index is 13.4. The second-order valence-electron chi connectivity index (χ2n) is 10.7. The molecule has 2 N–H and O–H groups in total. The Bertz CT molecular complexity index is 1130. The van der Waals surface area contributed by atoms with Gasteiger partial charge >= 0.3 is 12.1 Å². The predicted molar refractivity (Wildman–Crippen MR) is 129 cm³/mol. The van der Waals surface area contributed by atoms with E-state index < -0.39 is 24.5 Å². The maximum absolute atomic E-state index is 13.4. The summed E-state index contributed by atoms with van der Waals surface area (Å²) in [6.07, 6.45) is 5.18. The predicted octanol–water partition coefficient (Wildman–Crippen LogP) is 4.30. The molecule has 7 heteroatoms. The van der Waals surface area contributed by atoms with Crippen LogP contribution in [0.4, 0.5) is 4.79 Å². The van der Waals surface area contributed by atoms with Gasteiger partial charge in [0.2, 0.25) is 5.91 Å². The number of ether oxygens (including phenoxy) is 1. The number of nitrogens with zero attached hydrogens (tertiary/aromatic N) is 1. The van der Waals surface area contributed by atoms with Crippen molar-refractivity contribution in [3.05, 3.63) is 59.7 Å². The molecule has 35 heavy (non-hydrogen) atoms. The number of fused-ring (bicyclic) bond motifs is 5. The third kappa shape index (κ3) is 3.97. The van der Waals surface area contributed by atoms with Crippen LogP contribution in [0, 0.1) is 5.41 Å². The molecule has 182 valence electrons. The molecule has 1 saturated carbocycles. The largest absolute Gasteiger partial charge is 0.481 e. The number of carbonyl (C=O) groups excluding carboxylic acids is 2. The van der Waals surface area contributed by atoms with Crippen molar-refractivity contribution in [2.24, 2.45) is 5.41 Å². The highest BCUT2D eigenvalue weighted by Crippen LogP contribution is 2.60. The standard InChI is InChI=1S/C28H30N2O5/c31-25(32)13-24(26(33)30-17-9-10-18(30)15-28(14-17)11-12-28)29-27(34)35-16-23-21-7-3-1-5-19(21)20-6-2-4-8-22(20)23/h1-8,17-18,23-24H,9-16H2,(H,29,34)(H,31,32). The van der Waals surface area contributed by atoms with Crippen LogP contribution >= 0.6 is 0 Å². The number of carboxylic acid groups (broad SMARTS) is 1. The maximum Gasteiger partial charge on any atom is 0.407 e. The Kier molecular flexibility index (Phi) is 5.31. The van der Waals surface area contributed by atoms with Crippen molar-refractivity contribution in [3.8, 4) is 11.1 Å². The minimum Gasteiger partial charge on any atom is -0.481 e. The molecular formula is C28H30N2O5. The molecule has 2 aromatic carbocycles. The van der Waals surface area contributed by atoms with Gasteiger partial charge in [0.1, 0.15) is 12.6 Å². The van der Waals surface area contributed by atoms with Crippen LogP contribution in [-0.2, 0) is 14.3 Å². The highest BCUT2D eigenvalue weighted by Gasteiger charge is 2.55. The van der Waals surface area contributed by atoms with E-state index >= 15 is 0 Å². The molecule has 4 aliphatic rings. The minimum absolute atomic E-state index is 0.102. The highest BCUT2D eigenvalue weighted by molar-refractivity contribution is 5.90. The van der Waals surface area contributed by atoms with Crippen molar-refractivity contribution in [3.63, 3.8) is 0 Å². The Labute approximate surface area is 204 Å². The van der Waals surface area contributed by atoms with Crippen molar-refractivity contribution in [1.82, 2.24) is 10.2 Å². The fraction of sp³-hybridized carbons (Fsp3) is 0.464. The fourth-order valence-corrected chi connectivity index (χ4v) is 6.73. The Morgan fingerprint density at radius 1 is 0.971 bits per heavy atom. The first-order valence-corrected chi connectivity index (χ1v) is 12.6. The van der Waals surface area contributed by atoms with E-state index in [1.54, 1.807) is 0 Å². The Morgan fingerprint density at radius 2 is 1.54 bits per heavy atom. The number of piperidine rings is 1. The second kappa shape index (κ2) is 8.40. The lowest BCUT2D eigenvalue weighted by Crippen LogP contribution is -2.55. The molecule has 2 aromatic rings. The van der Waals surface area contributed by atoms with Crippen LogP contribution < -0.4 is 5.32 Å². The van der Waals surface area contributed by atoms with E-state index in [9.17, 15) is 19.5 Å². The van der Waals surface area contributed by atoms with Gasteiger partial charge in [-0.3, -0.25) is 9.59 Å². The van der Waals surface area contributed by atoms with Crippen LogP contribution in [0.5, 0.6) is 0 Å². The lowest BCUT2D eigenvalue weighted by atomic mass is 9.87. The van der Waals surface area contributed by atoms with Gasteiger partial charge in [0, 0.05) is 18.0 Å². The molecule has 0 radical (unpaired) electrons. The van der Waals surface area contributed by atoms with E-state index in [1.807, 2.05) is 41.3 Å². The van der Waals surface area contributed by atoms with Crippen molar-refractivity contribution < 1.29 is 24.2 Å². The number of benzene rings is 2. The van der Waals surface area contributed by atoms with Gasteiger partial charge in [0.05, 0.1) is 6.42 Å². The summed E-state index contributed by atoms with van der Waals surface area (Å²) in [7, 11) is 0. The summed E-state index contributed by atoms with van der Waals surface area (Å²) in [6, 6.07) is 15.3. The quantitative estimate of drug-likeness (QED) is 0.651. The molecule has 2 saturated heterocycles. The van der Waals surface area contributed by atoms with Gasteiger partial charge in [-0.05, 0) is 66.2 Å². The van der Waals surface area contributed by atoms with E-state index in [4.69, 9.17) is 4.74 Å². The van der Waals surface area contributed by atoms with Gasteiger partial charge < -0.3 is 20.1 Å². The van der Waals surface area contributed by atoms with Crippen molar-refractivity contribution >= 4 is 18.0 Å². The molecule has 2 aliphatic carbocycles. The van der Waals surface area contributed by atoms with Crippen molar-refractivity contribution in [1.29, 1.82) is 0 Å². The third-order valence-corrected chi connectivity index (χ3v) is 8.48. The second-order valence-corrected chi connectivity index (χ2v) is 10.7. The summed E-state index contributed by atoms with van der Waals surface area (Å²) in [4.78, 5) is 39.7. The molecule has 1 spiro atoms. The third-order valence-electron chi connectivity index (χ3n) is 8.48. The lowest BCUT2D eigenvalue weighted by Gasteiger charge is -2.41. The van der Waals surface area contributed by atoms with Crippen LogP contribution in [0.25, 0.3) is 11.1 Å². The highest BCUT2D eigenvalue weighted by atomic mass is 16.5. The molecule has 2 bridgehead atoms. The number of carbonyl (C=O) groups is 3. The lowest BCUT2D eigenvalue weighted by molar-refractivity contribution is -0.145. The first-order valence-electron chi connectivity index (χ1n) is 12.6. The zero-order valence-corrected chi connectivity index (χ0v) is 19.6. The number of rotatable bonds is 6. The molecular weight excluding hydrogens is 444 g/mol. The Morgan fingerprint density at radius 3 is 2.09 bits per heavy atom. The van der Waals surface area contributed by atoms with Gasteiger partial charge in [0.15, 0.2) is 0 Å². The van der Waals surface area contributed by atoms with Crippen LogP contribution in [0.2, 0.25) is 0 Å². The Balaban J connectivity index is 1.14. The van der Waals surface area contributed by atoms with E-state index in [2.05, 4.69) is 17.4 Å². The van der Waals surface area contributed by atoms with Crippen molar-refractivity contribution in [2.45, 2.75) is 69.0 Å². The zero-order valence-electron chi connectivity index (χ0n) is 19.6. The summed E-state index contributed by atoms with van der Waals surface area (Å²) in [5, 5.41) is 12.0. The van der Waals surface area contributed by atoms with E-state index in [0.717, 1.165) is 47.9 Å². The SMILES string of the molecule is O=C(O)CC(NC(=O)OCC1c2ccccc2-c2ccccc21)C(=O)N1C2CCC1CC1(CC1)C2. The molecule has 3 unspecified atom stereocenters. The van der Waals surface area contributed by atoms with Crippen LogP contribution in [-0.4, -0.2) is 52.7 Å².